The van der Waals surface area contributed by atoms with Gasteiger partial charge >= 0.3 is 5.69 Å². The van der Waals surface area contributed by atoms with Gasteiger partial charge in [-0.2, -0.15) is 0 Å². The van der Waals surface area contributed by atoms with E-state index in [9.17, 15) is 9.18 Å². The summed E-state index contributed by atoms with van der Waals surface area (Å²) in [6.07, 6.45) is 1.96. The van der Waals surface area contributed by atoms with E-state index in [2.05, 4.69) is 23.7 Å². The summed E-state index contributed by atoms with van der Waals surface area (Å²) in [5, 5.41) is 0. The van der Waals surface area contributed by atoms with Crippen LogP contribution < -0.4 is 5.69 Å². The van der Waals surface area contributed by atoms with Crippen LogP contribution in [0.25, 0.3) is 11.0 Å². The molecule has 5 heteroatoms. The maximum atomic E-state index is 14.1. The SMILES string of the molecule is CC(C)N1CCCC(n2c(=O)[nH]c3cccc(F)c32)C1. The molecule has 3 rings (SSSR count). The molecule has 0 spiro atoms. The number of nitrogens with zero attached hydrogens (tertiary/aromatic N) is 2. The van der Waals surface area contributed by atoms with Crippen LogP contribution in [0.5, 0.6) is 0 Å². The Kier molecular flexibility index (Phi) is 3.38. The van der Waals surface area contributed by atoms with E-state index >= 15 is 0 Å². The molecule has 1 aliphatic rings. The highest BCUT2D eigenvalue weighted by atomic mass is 19.1. The first-order valence-corrected chi connectivity index (χ1v) is 7.20. The molecular weight excluding hydrogens is 257 g/mol. The van der Waals surface area contributed by atoms with Crippen molar-refractivity contribution < 1.29 is 4.39 Å². The molecule has 1 aliphatic heterocycles. The van der Waals surface area contributed by atoms with Crippen molar-refractivity contribution in [3.8, 4) is 0 Å². The van der Waals surface area contributed by atoms with Gasteiger partial charge in [0.1, 0.15) is 11.3 Å². The first-order chi connectivity index (χ1) is 9.58. The molecule has 1 atom stereocenters. The molecule has 1 unspecified atom stereocenters. The van der Waals surface area contributed by atoms with Gasteiger partial charge in [0.2, 0.25) is 0 Å². The zero-order chi connectivity index (χ0) is 14.3. The van der Waals surface area contributed by atoms with E-state index in [1.807, 2.05) is 0 Å². The third-order valence-corrected chi connectivity index (χ3v) is 4.21. The van der Waals surface area contributed by atoms with E-state index in [0.717, 1.165) is 25.9 Å². The van der Waals surface area contributed by atoms with Crippen LogP contribution in [0.15, 0.2) is 23.0 Å². The molecule has 0 aliphatic carbocycles. The fourth-order valence-electron chi connectivity index (χ4n) is 3.15. The Morgan fingerprint density at radius 2 is 2.20 bits per heavy atom. The van der Waals surface area contributed by atoms with Gasteiger partial charge < -0.3 is 4.98 Å². The second-order valence-electron chi connectivity index (χ2n) is 5.82. The van der Waals surface area contributed by atoms with Crippen LogP contribution >= 0.6 is 0 Å². The quantitative estimate of drug-likeness (QED) is 0.916. The molecule has 1 aromatic carbocycles. The van der Waals surface area contributed by atoms with Gasteiger partial charge in [0, 0.05) is 12.6 Å². The highest BCUT2D eigenvalue weighted by Crippen LogP contribution is 2.26. The highest BCUT2D eigenvalue weighted by Gasteiger charge is 2.26. The zero-order valence-electron chi connectivity index (χ0n) is 11.9. The van der Waals surface area contributed by atoms with Gasteiger partial charge in [0.15, 0.2) is 0 Å². The molecule has 0 amide bonds. The minimum absolute atomic E-state index is 0.0456. The van der Waals surface area contributed by atoms with Crippen molar-refractivity contribution in [3.63, 3.8) is 0 Å². The van der Waals surface area contributed by atoms with E-state index in [0.29, 0.717) is 17.1 Å². The molecule has 108 valence electrons. The molecule has 1 N–H and O–H groups in total. The number of H-pyrrole nitrogens is 1. The van der Waals surface area contributed by atoms with Crippen molar-refractivity contribution in [3.05, 3.63) is 34.5 Å². The number of nitrogens with one attached hydrogen (secondary N) is 1. The second kappa shape index (κ2) is 5.05. The zero-order valence-corrected chi connectivity index (χ0v) is 11.9. The summed E-state index contributed by atoms with van der Waals surface area (Å²) < 4.78 is 15.7. The Hall–Kier alpha value is -1.62. The van der Waals surface area contributed by atoms with Crippen molar-refractivity contribution in [2.45, 2.75) is 38.8 Å². The number of aromatic nitrogens is 2. The van der Waals surface area contributed by atoms with Crippen molar-refractivity contribution in [2.24, 2.45) is 0 Å². The summed E-state index contributed by atoms with van der Waals surface area (Å²) in [6.45, 7) is 6.16. The Morgan fingerprint density at radius 3 is 2.95 bits per heavy atom. The second-order valence-corrected chi connectivity index (χ2v) is 5.82. The predicted octanol–water partition coefficient (Wildman–Crippen LogP) is 2.51. The van der Waals surface area contributed by atoms with Gasteiger partial charge in [0.05, 0.1) is 11.6 Å². The topological polar surface area (TPSA) is 41.0 Å². The van der Waals surface area contributed by atoms with Crippen molar-refractivity contribution in [1.82, 2.24) is 14.5 Å². The molecule has 2 heterocycles. The molecule has 0 radical (unpaired) electrons. The third kappa shape index (κ3) is 2.16. The number of rotatable bonds is 2. The number of hydrogen-bond donors (Lipinski definition) is 1. The van der Waals surface area contributed by atoms with E-state index in [1.165, 1.54) is 6.07 Å². The Bertz CT molecular complexity index is 673. The van der Waals surface area contributed by atoms with E-state index in [4.69, 9.17) is 0 Å². The molecule has 0 saturated carbocycles. The molecule has 2 aromatic rings. The molecule has 0 bridgehead atoms. The lowest BCUT2D eigenvalue weighted by atomic mass is 10.0. The lowest BCUT2D eigenvalue weighted by Gasteiger charge is -2.35. The van der Waals surface area contributed by atoms with Crippen LogP contribution in [0.1, 0.15) is 32.7 Å². The summed E-state index contributed by atoms with van der Waals surface area (Å²) in [6, 6.07) is 5.28. The normalized spacial score (nSPS) is 20.9. The molecule has 20 heavy (non-hydrogen) atoms. The molecule has 1 fully saturated rings. The first-order valence-electron chi connectivity index (χ1n) is 7.20. The Morgan fingerprint density at radius 1 is 1.40 bits per heavy atom. The highest BCUT2D eigenvalue weighted by molar-refractivity contribution is 5.75. The molecular formula is C15H20FN3O. The fourth-order valence-corrected chi connectivity index (χ4v) is 3.15. The van der Waals surface area contributed by atoms with Gasteiger partial charge in [-0.05, 0) is 45.4 Å². The van der Waals surface area contributed by atoms with Crippen LogP contribution in [-0.2, 0) is 0 Å². The minimum Gasteiger partial charge on any atom is -0.305 e. The standard InChI is InChI=1S/C15H20FN3O/c1-10(2)18-8-4-5-11(9-18)19-14-12(16)6-3-7-13(14)17-15(19)20/h3,6-7,10-11H,4-5,8-9H2,1-2H3,(H,17,20). The average molecular weight is 277 g/mol. The summed E-state index contributed by atoms with van der Waals surface area (Å²) in [7, 11) is 0. The Labute approximate surface area is 117 Å². The van der Waals surface area contributed by atoms with Gasteiger partial charge in [0.25, 0.3) is 0 Å². The minimum atomic E-state index is -0.331. The van der Waals surface area contributed by atoms with E-state index in [1.54, 1.807) is 16.7 Å². The van der Waals surface area contributed by atoms with Gasteiger partial charge in [-0.1, -0.05) is 6.07 Å². The maximum Gasteiger partial charge on any atom is 0.326 e. The predicted molar refractivity (Wildman–Crippen MR) is 77.5 cm³/mol. The van der Waals surface area contributed by atoms with Crippen LogP contribution in [0.3, 0.4) is 0 Å². The number of piperidine rings is 1. The largest absolute Gasteiger partial charge is 0.326 e. The first kappa shape index (κ1) is 13.4. The number of benzene rings is 1. The molecule has 4 nitrogen and oxygen atoms in total. The van der Waals surface area contributed by atoms with Gasteiger partial charge in [-0.15, -0.1) is 0 Å². The lowest BCUT2D eigenvalue weighted by Crippen LogP contribution is -2.42. The monoisotopic (exact) mass is 277 g/mol. The van der Waals surface area contributed by atoms with Crippen LogP contribution in [0.4, 0.5) is 4.39 Å². The summed E-state index contributed by atoms with van der Waals surface area (Å²) in [5.41, 5.74) is 0.783. The van der Waals surface area contributed by atoms with Gasteiger partial charge in [-0.3, -0.25) is 9.47 Å². The average Bonchev–Trinajstić information content (AvgIpc) is 2.76. The van der Waals surface area contributed by atoms with E-state index in [-0.39, 0.29) is 17.5 Å². The van der Waals surface area contributed by atoms with Crippen molar-refractivity contribution >= 4 is 11.0 Å². The van der Waals surface area contributed by atoms with Crippen molar-refractivity contribution in [1.29, 1.82) is 0 Å². The van der Waals surface area contributed by atoms with Crippen LogP contribution in [0, 0.1) is 5.82 Å². The lowest BCUT2D eigenvalue weighted by molar-refractivity contribution is 0.143. The number of fused-ring (bicyclic) bond motifs is 1. The number of para-hydroxylation sites is 1. The maximum absolute atomic E-state index is 14.1. The number of likely N-dealkylation sites (tertiary alicyclic amines) is 1. The number of imidazole rings is 1. The van der Waals surface area contributed by atoms with E-state index < -0.39 is 0 Å². The van der Waals surface area contributed by atoms with Crippen LogP contribution in [0.2, 0.25) is 0 Å². The number of halogens is 1. The molecule has 1 saturated heterocycles. The Balaban J connectivity index is 2.06. The van der Waals surface area contributed by atoms with Gasteiger partial charge in [-0.25, -0.2) is 9.18 Å². The summed E-state index contributed by atoms with van der Waals surface area (Å²) >= 11 is 0. The summed E-state index contributed by atoms with van der Waals surface area (Å²) in [5.74, 6) is -0.331. The fraction of sp³-hybridized carbons (Fsp3) is 0.533. The smallest absolute Gasteiger partial charge is 0.305 e. The molecule has 1 aromatic heterocycles. The summed E-state index contributed by atoms with van der Waals surface area (Å²) in [4.78, 5) is 17.3. The van der Waals surface area contributed by atoms with Crippen molar-refractivity contribution in [2.75, 3.05) is 13.1 Å². The van der Waals surface area contributed by atoms with Crippen LogP contribution in [-0.4, -0.2) is 33.6 Å². The number of hydrogen-bond acceptors (Lipinski definition) is 2. The third-order valence-electron chi connectivity index (χ3n) is 4.21. The number of aromatic amines is 1.